The fraction of sp³-hybridized carbons (Fsp3) is 0. The van der Waals surface area contributed by atoms with E-state index in [1.54, 1.807) is 0 Å². The molecule has 230 valence electrons. The van der Waals surface area contributed by atoms with E-state index in [1.165, 1.54) is 0 Å². The molecule has 0 amide bonds. The van der Waals surface area contributed by atoms with Gasteiger partial charge in [-0.25, -0.2) is 9.97 Å². The van der Waals surface area contributed by atoms with Gasteiger partial charge in [0.2, 0.25) is 0 Å². The fourth-order valence-corrected chi connectivity index (χ4v) is 6.84. The van der Waals surface area contributed by atoms with E-state index in [2.05, 4.69) is 156 Å². The number of hydrogen-bond acceptors (Lipinski definition) is 2. The van der Waals surface area contributed by atoms with Gasteiger partial charge in [0.1, 0.15) is 0 Å². The second kappa shape index (κ2) is 12.7. The number of aromatic nitrogens is 4. The van der Waals surface area contributed by atoms with Gasteiger partial charge in [0, 0.05) is 55.3 Å². The second-order valence-corrected chi connectivity index (χ2v) is 12.0. The topological polar surface area (TPSA) is 57.4 Å². The molecule has 4 aromatic carbocycles. The molecule has 2 aliphatic rings. The van der Waals surface area contributed by atoms with E-state index in [9.17, 15) is 0 Å². The van der Waals surface area contributed by atoms with Crippen LogP contribution in [0.3, 0.4) is 0 Å². The number of nitrogens with one attached hydrogen (secondary N) is 2. The molecule has 49 heavy (non-hydrogen) atoms. The van der Waals surface area contributed by atoms with Crippen LogP contribution in [0.2, 0.25) is 0 Å². The van der Waals surface area contributed by atoms with Crippen molar-refractivity contribution in [2.45, 2.75) is 0 Å². The zero-order chi connectivity index (χ0) is 31.9. The lowest BCUT2D eigenvalue weighted by Gasteiger charge is -2.07. The molecule has 2 aliphatic heterocycles. The Morgan fingerprint density at radius 3 is 0.735 bits per heavy atom. The number of rotatable bonds is 4. The molecular formula is C44H30N4Si. The van der Waals surface area contributed by atoms with Crippen LogP contribution in [0.4, 0.5) is 0 Å². The van der Waals surface area contributed by atoms with Crippen LogP contribution in [-0.2, 0) is 0 Å². The van der Waals surface area contributed by atoms with Gasteiger partial charge in [-0.2, -0.15) is 0 Å². The number of nitrogens with zero attached hydrogens (tertiary/aromatic N) is 2. The van der Waals surface area contributed by atoms with Crippen LogP contribution in [0.5, 0.6) is 0 Å². The van der Waals surface area contributed by atoms with Crippen LogP contribution in [0.25, 0.3) is 90.9 Å². The van der Waals surface area contributed by atoms with E-state index in [1.807, 2.05) is 24.3 Å². The second-order valence-electron chi connectivity index (χ2n) is 12.0. The third-order valence-corrected chi connectivity index (χ3v) is 9.00. The van der Waals surface area contributed by atoms with Crippen molar-refractivity contribution in [1.82, 2.24) is 19.9 Å². The monoisotopic (exact) mass is 642 g/mol. The van der Waals surface area contributed by atoms with Crippen molar-refractivity contribution in [3.05, 3.63) is 168 Å². The number of hydrogen-bond donors (Lipinski definition) is 2. The molecule has 2 N–H and O–H groups in total. The largest absolute Gasteiger partial charge is 0.354 e. The highest BCUT2D eigenvalue weighted by Crippen LogP contribution is 2.38. The minimum Gasteiger partial charge on any atom is -0.354 e. The van der Waals surface area contributed by atoms with E-state index < -0.39 is 0 Å². The lowest BCUT2D eigenvalue weighted by molar-refractivity contribution is 1.31. The lowest BCUT2D eigenvalue weighted by Crippen LogP contribution is -1.89. The normalized spacial score (nSPS) is 11.8. The zero-order valence-electron chi connectivity index (χ0n) is 26.6. The molecule has 7 aromatic rings. The first-order valence-corrected chi connectivity index (χ1v) is 16.2. The van der Waals surface area contributed by atoms with E-state index in [0.717, 1.165) is 89.4 Å². The van der Waals surface area contributed by atoms with Crippen molar-refractivity contribution in [2.75, 3.05) is 0 Å². The van der Waals surface area contributed by atoms with Crippen molar-refractivity contribution in [3.8, 4) is 44.5 Å². The first kappa shape index (κ1) is 30.1. The number of H-pyrrole nitrogens is 2. The fourth-order valence-electron chi connectivity index (χ4n) is 6.84. The average Bonchev–Trinajstić information content (AvgIpc) is 3.98. The first-order valence-electron chi connectivity index (χ1n) is 16.2. The van der Waals surface area contributed by atoms with Gasteiger partial charge in [0.05, 0.1) is 22.8 Å². The van der Waals surface area contributed by atoms with Crippen molar-refractivity contribution < 1.29 is 0 Å². The van der Waals surface area contributed by atoms with Crippen molar-refractivity contribution in [1.29, 1.82) is 0 Å². The Hall–Kier alpha value is -6.30. The summed E-state index contributed by atoms with van der Waals surface area (Å²) in [6.45, 7) is 0. The highest BCUT2D eigenvalue weighted by Gasteiger charge is 2.18. The summed E-state index contributed by atoms with van der Waals surface area (Å²) in [5.74, 6) is 0. The van der Waals surface area contributed by atoms with E-state index in [0.29, 0.717) is 0 Å². The first-order chi connectivity index (χ1) is 23.8. The van der Waals surface area contributed by atoms with E-state index in [-0.39, 0.29) is 11.0 Å². The van der Waals surface area contributed by atoms with Crippen molar-refractivity contribution in [2.24, 2.45) is 0 Å². The van der Waals surface area contributed by atoms with Crippen molar-refractivity contribution >= 4 is 57.3 Å². The minimum absolute atomic E-state index is 0. The van der Waals surface area contributed by atoms with Crippen LogP contribution < -0.4 is 0 Å². The van der Waals surface area contributed by atoms with Crippen LogP contribution in [0.1, 0.15) is 22.8 Å². The number of aromatic amines is 2. The molecule has 0 atom stereocenters. The summed E-state index contributed by atoms with van der Waals surface area (Å²) in [6.07, 6.45) is 8.54. The molecule has 0 unspecified atom stereocenters. The predicted octanol–water partition coefficient (Wildman–Crippen LogP) is 10.9. The summed E-state index contributed by atoms with van der Waals surface area (Å²) in [6, 6.07) is 50.7. The van der Waals surface area contributed by atoms with Crippen LogP contribution >= 0.6 is 0 Å². The summed E-state index contributed by atoms with van der Waals surface area (Å²) in [5, 5.41) is 0. The highest BCUT2D eigenvalue weighted by molar-refractivity contribution is 5.99. The number of fused-ring (bicyclic) bond motifs is 8. The summed E-state index contributed by atoms with van der Waals surface area (Å²) in [5.41, 5.74) is 16.2. The molecular weight excluding hydrogens is 613 g/mol. The lowest BCUT2D eigenvalue weighted by atomic mass is 10.0. The standard InChI is InChI=1S/C44H30N4.Si/c1-5-13-29(14-6-1)41-33-21-23-35(45-33)42(30-15-7-2-8-16-30)37-25-27-39(47-37)44(32-19-11-4-12-20-32)40-28-26-38(48-40)43(31-17-9-3-10-18-31)36-24-22-34(41)46-36;/h1-28,45,48H;. The third-order valence-electron chi connectivity index (χ3n) is 9.00. The molecule has 4 radical (unpaired) electrons. The molecule has 3 aromatic heterocycles. The predicted molar refractivity (Wildman–Crippen MR) is 206 cm³/mol. The van der Waals surface area contributed by atoms with Crippen LogP contribution in [0.15, 0.2) is 146 Å². The maximum atomic E-state index is 5.35. The molecule has 5 heteroatoms. The van der Waals surface area contributed by atoms with Crippen LogP contribution in [-0.4, -0.2) is 30.9 Å². The van der Waals surface area contributed by atoms with Crippen molar-refractivity contribution in [3.63, 3.8) is 0 Å². The number of benzene rings is 4. The molecule has 9 rings (SSSR count). The Morgan fingerprint density at radius 1 is 0.286 bits per heavy atom. The maximum Gasteiger partial charge on any atom is 0.0737 e. The van der Waals surface area contributed by atoms with Gasteiger partial charge in [0.25, 0.3) is 0 Å². The smallest absolute Gasteiger partial charge is 0.0737 e. The quantitative estimate of drug-likeness (QED) is 0.188. The maximum absolute atomic E-state index is 5.35. The van der Waals surface area contributed by atoms with Gasteiger partial charge < -0.3 is 9.97 Å². The van der Waals surface area contributed by atoms with Crippen LogP contribution in [0, 0.1) is 0 Å². The molecule has 4 nitrogen and oxygen atoms in total. The van der Waals surface area contributed by atoms with Gasteiger partial charge in [-0.15, -0.1) is 0 Å². The Morgan fingerprint density at radius 2 is 0.510 bits per heavy atom. The van der Waals surface area contributed by atoms with Gasteiger partial charge in [0.15, 0.2) is 0 Å². The molecule has 8 bridgehead atoms. The van der Waals surface area contributed by atoms with Gasteiger partial charge in [-0.1, -0.05) is 121 Å². The minimum atomic E-state index is 0. The SMILES string of the molecule is C1=Cc2nc1c(-c1ccccc1)c1ccc([nH]1)c(-c1ccccc1)c1nc(c(-c3ccccc3)c3ccc([nH]3)c2-c2ccccc2)C=C1.[Si]. The van der Waals surface area contributed by atoms with Gasteiger partial charge >= 0.3 is 0 Å². The molecule has 0 saturated carbocycles. The Labute approximate surface area is 289 Å². The zero-order valence-corrected chi connectivity index (χ0v) is 27.6. The van der Waals surface area contributed by atoms with E-state index >= 15 is 0 Å². The summed E-state index contributed by atoms with van der Waals surface area (Å²) < 4.78 is 0. The average molecular weight is 643 g/mol. The Bertz CT molecular complexity index is 2180. The third kappa shape index (κ3) is 5.46. The van der Waals surface area contributed by atoms with Gasteiger partial charge in [-0.05, 0) is 70.8 Å². The van der Waals surface area contributed by atoms with E-state index in [4.69, 9.17) is 9.97 Å². The molecule has 5 heterocycles. The summed E-state index contributed by atoms with van der Waals surface area (Å²) in [7, 11) is 0. The molecule has 0 saturated heterocycles. The summed E-state index contributed by atoms with van der Waals surface area (Å²) in [4.78, 5) is 18.3. The molecule has 0 fully saturated rings. The summed E-state index contributed by atoms with van der Waals surface area (Å²) >= 11 is 0. The Kier molecular flexibility index (Phi) is 7.80. The molecule has 0 spiro atoms. The Balaban J connectivity index is 0.00000348. The highest BCUT2D eigenvalue weighted by atomic mass is 28.1. The van der Waals surface area contributed by atoms with Gasteiger partial charge in [-0.3, -0.25) is 0 Å². The molecule has 0 aliphatic carbocycles.